The second kappa shape index (κ2) is 6.74. The summed E-state index contributed by atoms with van der Waals surface area (Å²) >= 11 is 5.81. The molecule has 0 unspecified atom stereocenters. The Morgan fingerprint density at radius 2 is 1.76 bits per heavy atom. The van der Waals surface area contributed by atoms with Crippen LogP contribution in [0.5, 0.6) is 0 Å². The molecule has 1 amide bonds. The van der Waals surface area contributed by atoms with E-state index >= 15 is 0 Å². The van der Waals surface area contributed by atoms with Crippen molar-refractivity contribution in [1.29, 1.82) is 5.26 Å². The normalized spacial score (nSPS) is 10.8. The minimum atomic E-state index is -0.348. The number of carbonyl (C=O) groups is 1. The molecule has 2 aromatic carbocycles. The highest BCUT2D eigenvalue weighted by Crippen LogP contribution is 2.17. The molecule has 0 spiro atoms. The first-order valence-corrected chi connectivity index (χ1v) is 6.70. The first-order valence-electron chi connectivity index (χ1n) is 6.32. The summed E-state index contributed by atoms with van der Waals surface area (Å²) in [6, 6.07) is 18.1. The minimum Gasteiger partial charge on any atom is -0.311 e. The summed E-state index contributed by atoms with van der Waals surface area (Å²) in [4.78, 5) is 13.8. The second-order valence-electron chi connectivity index (χ2n) is 4.42. The Morgan fingerprint density at radius 1 is 1.14 bits per heavy atom. The predicted octanol–water partition coefficient (Wildman–Crippen LogP) is 3.91. The van der Waals surface area contributed by atoms with Crippen LogP contribution in [0.2, 0.25) is 5.02 Å². The van der Waals surface area contributed by atoms with Crippen molar-refractivity contribution in [1.82, 2.24) is 0 Å². The van der Waals surface area contributed by atoms with Gasteiger partial charge in [0.2, 0.25) is 0 Å². The van der Waals surface area contributed by atoms with E-state index in [2.05, 4.69) is 0 Å². The molecule has 0 bridgehead atoms. The molecule has 0 aliphatic rings. The monoisotopic (exact) mass is 296 g/mol. The first kappa shape index (κ1) is 14.8. The lowest BCUT2D eigenvalue weighted by molar-refractivity contribution is -0.114. The smallest absolute Gasteiger partial charge is 0.268 e. The van der Waals surface area contributed by atoms with Gasteiger partial charge in [0.25, 0.3) is 5.91 Å². The van der Waals surface area contributed by atoms with Gasteiger partial charge in [0.15, 0.2) is 0 Å². The average Bonchev–Trinajstić information content (AvgIpc) is 2.54. The van der Waals surface area contributed by atoms with Crippen LogP contribution in [-0.4, -0.2) is 13.0 Å². The summed E-state index contributed by atoms with van der Waals surface area (Å²) in [6.07, 6.45) is 1.55. The van der Waals surface area contributed by atoms with Crippen LogP contribution in [0.25, 0.3) is 6.08 Å². The number of likely N-dealkylation sites (N-methyl/N-ethyl adjacent to an activating group) is 1. The van der Waals surface area contributed by atoms with E-state index in [-0.39, 0.29) is 11.5 Å². The molecule has 4 heteroatoms. The van der Waals surface area contributed by atoms with Crippen LogP contribution in [0.3, 0.4) is 0 Å². The third-order valence-corrected chi connectivity index (χ3v) is 3.23. The number of nitriles is 1. The number of amides is 1. The predicted molar refractivity (Wildman–Crippen MR) is 84.9 cm³/mol. The first-order chi connectivity index (χ1) is 10.1. The topological polar surface area (TPSA) is 44.1 Å². The molecule has 21 heavy (non-hydrogen) atoms. The van der Waals surface area contributed by atoms with E-state index in [0.717, 1.165) is 11.3 Å². The maximum absolute atomic E-state index is 12.4. The highest BCUT2D eigenvalue weighted by Gasteiger charge is 2.15. The summed E-state index contributed by atoms with van der Waals surface area (Å²) in [5.74, 6) is -0.348. The van der Waals surface area contributed by atoms with Crippen molar-refractivity contribution < 1.29 is 4.79 Å². The van der Waals surface area contributed by atoms with Crippen molar-refractivity contribution in [3.8, 4) is 6.07 Å². The van der Waals surface area contributed by atoms with E-state index in [1.165, 1.54) is 4.90 Å². The summed E-state index contributed by atoms with van der Waals surface area (Å²) in [7, 11) is 1.64. The third kappa shape index (κ3) is 3.71. The maximum Gasteiger partial charge on any atom is 0.268 e. The summed E-state index contributed by atoms with van der Waals surface area (Å²) in [6.45, 7) is 0. The molecule has 0 atom stereocenters. The number of benzene rings is 2. The Balaban J connectivity index is 2.27. The van der Waals surface area contributed by atoms with Crippen molar-refractivity contribution >= 4 is 29.3 Å². The van der Waals surface area contributed by atoms with E-state index in [4.69, 9.17) is 11.6 Å². The Kier molecular flexibility index (Phi) is 4.76. The molecule has 0 aromatic heterocycles. The lowest BCUT2D eigenvalue weighted by Gasteiger charge is -2.16. The fourth-order valence-electron chi connectivity index (χ4n) is 1.82. The van der Waals surface area contributed by atoms with Crippen LogP contribution < -0.4 is 4.90 Å². The van der Waals surface area contributed by atoms with Crippen molar-refractivity contribution in [3.05, 3.63) is 70.8 Å². The van der Waals surface area contributed by atoms with Gasteiger partial charge in [-0.25, -0.2) is 0 Å². The van der Waals surface area contributed by atoms with E-state index < -0.39 is 0 Å². The number of nitrogens with zero attached hydrogens (tertiary/aromatic N) is 2. The molecule has 0 saturated heterocycles. The van der Waals surface area contributed by atoms with Gasteiger partial charge in [-0.3, -0.25) is 4.79 Å². The molecule has 0 fully saturated rings. The number of para-hydroxylation sites is 1. The quantitative estimate of drug-likeness (QED) is 0.636. The molecule has 104 valence electrons. The molecule has 0 N–H and O–H groups in total. The maximum atomic E-state index is 12.4. The van der Waals surface area contributed by atoms with Crippen molar-refractivity contribution in [2.24, 2.45) is 0 Å². The average molecular weight is 297 g/mol. The molecular formula is C17H13ClN2O. The summed E-state index contributed by atoms with van der Waals surface area (Å²) in [5, 5.41) is 9.83. The van der Waals surface area contributed by atoms with Gasteiger partial charge in [0.05, 0.1) is 0 Å². The number of anilines is 1. The molecule has 0 radical (unpaired) electrons. The van der Waals surface area contributed by atoms with Crippen LogP contribution >= 0.6 is 11.6 Å². The lowest BCUT2D eigenvalue weighted by Crippen LogP contribution is -2.27. The van der Waals surface area contributed by atoms with E-state index in [1.807, 2.05) is 36.4 Å². The van der Waals surface area contributed by atoms with E-state index in [0.29, 0.717) is 5.02 Å². The number of rotatable bonds is 3. The van der Waals surface area contributed by atoms with Gasteiger partial charge in [0.1, 0.15) is 11.6 Å². The second-order valence-corrected chi connectivity index (χ2v) is 4.86. The zero-order valence-corrected chi connectivity index (χ0v) is 12.2. The van der Waals surface area contributed by atoms with Gasteiger partial charge in [-0.1, -0.05) is 41.9 Å². The van der Waals surface area contributed by atoms with Gasteiger partial charge >= 0.3 is 0 Å². The molecule has 0 aliphatic carbocycles. The van der Waals surface area contributed by atoms with Crippen LogP contribution in [0.15, 0.2) is 60.2 Å². The van der Waals surface area contributed by atoms with Gasteiger partial charge in [-0.05, 0) is 35.9 Å². The standard InChI is InChI=1S/C17H13ClN2O/c1-20(16-5-3-2-4-6-16)17(21)14(12-19)11-13-7-9-15(18)10-8-13/h2-11H,1H3/b14-11+. The Bertz CT molecular complexity index is 700. The van der Waals surface area contributed by atoms with Crippen LogP contribution in [0.1, 0.15) is 5.56 Å². The fourth-order valence-corrected chi connectivity index (χ4v) is 1.94. The van der Waals surface area contributed by atoms with Crippen LogP contribution in [-0.2, 0) is 4.79 Å². The van der Waals surface area contributed by atoms with E-state index in [1.54, 1.807) is 37.4 Å². The van der Waals surface area contributed by atoms with Crippen molar-refractivity contribution in [2.45, 2.75) is 0 Å². The highest BCUT2D eigenvalue weighted by atomic mass is 35.5. The zero-order chi connectivity index (χ0) is 15.2. The summed E-state index contributed by atoms with van der Waals surface area (Å²) in [5.41, 5.74) is 1.56. The molecule has 2 aromatic rings. The van der Waals surface area contributed by atoms with Crippen molar-refractivity contribution in [3.63, 3.8) is 0 Å². The number of hydrogen-bond donors (Lipinski definition) is 0. The SMILES string of the molecule is CN(C(=O)/C(C#N)=C/c1ccc(Cl)cc1)c1ccccc1. The van der Waals surface area contributed by atoms with Gasteiger partial charge < -0.3 is 4.90 Å². The Morgan fingerprint density at radius 3 is 2.33 bits per heavy atom. The largest absolute Gasteiger partial charge is 0.311 e. The molecule has 0 aliphatic heterocycles. The number of halogens is 1. The van der Waals surface area contributed by atoms with Gasteiger partial charge in [-0.15, -0.1) is 0 Å². The van der Waals surface area contributed by atoms with Gasteiger partial charge in [-0.2, -0.15) is 5.26 Å². The molecule has 0 saturated carbocycles. The Hall–Kier alpha value is -2.57. The molecule has 0 heterocycles. The fraction of sp³-hybridized carbons (Fsp3) is 0.0588. The third-order valence-electron chi connectivity index (χ3n) is 2.98. The molecular weight excluding hydrogens is 284 g/mol. The molecule has 2 rings (SSSR count). The van der Waals surface area contributed by atoms with Crippen LogP contribution in [0.4, 0.5) is 5.69 Å². The van der Waals surface area contributed by atoms with Gasteiger partial charge in [0, 0.05) is 17.8 Å². The zero-order valence-electron chi connectivity index (χ0n) is 11.5. The summed E-state index contributed by atoms with van der Waals surface area (Å²) < 4.78 is 0. The highest BCUT2D eigenvalue weighted by molar-refractivity contribution is 6.30. The van der Waals surface area contributed by atoms with E-state index in [9.17, 15) is 10.1 Å². The lowest BCUT2D eigenvalue weighted by atomic mass is 10.1. The molecule has 3 nitrogen and oxygen atoms in total. The van der Waals surface area contributed by atoms with Crippen LogP contribution in [0, 0.1) is 11.3 Å². The number of hydrogen-bond acceptors (Lipinski definition) is 2. The minimum absolute atomic E-state index is 0.0728. The number of carbonyl (C=O) groups excluding carboxylic acids is 1. The Labute approximate surface area is 128 Å². The van der Waals surface area contributed by atoms with Crippen molar-refractivity contribution in [2.75, 3.05) is 11.9 Å².